The zero-order valence-corrected chi connectivity index (χ0v) is 9.10. The van der Waals surface area contributed by atoms with E-state index in [1.54, 1.807) is 0 Å². The first-order chi connectivity index (χ1) is 7.93. The van der Waals surface area contributed by atoms with Crippen molar-refractivity contribution in [2.75, 3.05) is 13.2 Å². The van der Waals surface area contributed by atoms with Crippen LogP contribution in [0.1, 0.15) is 24.4 Å². The van der Waals surface area contributed by atoms with Gasteiger partial charge in [-0.1, -0.05) is 12.1 Å². The molecule has 3 nitrogen and oxygen atoms in total. The third-order valence-corrected chi connectivity index (χ3v) is 3.93. The van der Waals surface area contributed by atoms with E-state index in [2.05, 4.69) is 22.0 Å². The summed E-state index contributed by atoms with van der Waals surface area (Å²) >= 11 is 0. The number of nitrogens with zero attached hydrogens (tertiary/aromatic N) is 2. The van der Waals surface area contributed by atoms with E-state index in [1.165, 1.54) is 30.6 Å². The van der Waals surface area contributed by atoms with Gasteiger partial charge in [-0.2, -0.15) is 0 Å². The van der Waals surface area contributed by atoms with Gasteiger partial charge in [-0.15, -0.1) is 0 Å². The van der Waals surface area contributed by atoms with Gasteiger partial charge >= 0.3 is 0 Å². The molecule has 3 aliphatic rings. The minimum Gasteiger partial charge on any atom is -0.477 e. The molecular formula is C13H14N2O. The molecule has 16 heavy (non-hydrogen) atoms. The van der Waals surface area contributed by atoms with Crippen LogP contribution in [0.15, 0.2) is 30.1 Å². The molecule has 0 N–H and O–H groups in total. The van der Waals surface area contributed by atoms with Crippen molar-refractivity contribution in [3.05, 3.63) is 35.7 Å². The predicted molar refractivity (Wildman–Crippen MR) is 60.0 cm³/mol. The van der Waals surface area contributed by atoms with Crippen molar-refractivity contribution in [1.82, 2.24) is 9.88 Å². The fourth-order valence-electron chi connectivity index (χ4n) is 3.29. The second kappa shape index (κ2) is 3.00. The van der Waals surface area contributed by atoms with Crippen molar-refractivity contribution in [3.63, 3.8) is 0 Å². The van der Waals surface area contributed by atoms with Crippen LogP contribution in [-0.2, 0) is 0 Å². The van der Waals surface area contributed by atoms with Crippen LogP contribution >= 0.6 is 0 Å². The minimum atomic E-state index is 0.520. The van der Waals surface area contributed by atoms with E-state index in [-0.39, 0.29) is 0 Å². The Labute approximate surface area is 94.7 Å². The van der Waals surface area contributed by atoms with Crippen LogP contribution in [0.3, 0.4) is 0 Å². The topological polar surface area (TPSA) is 25.4 Å². The summed E-state index contributed by atoms with van der Waals surface area (Å²) in [4.78, 5) is 6.87. The molecule has 4 rings (SSSR count). The molecule has 2 atom stereocenters. The molecule has 1 fully saturated rings. The summed E-state index contributed by atoms with van der Waals surface area (Å²) in [7, 11) is 0. The summed E-state index contributed by atoms with van der Waals surface area (Å²) in [6.45, 7) is 1.99. The molecular weight excluding hydrogens is 200 g/mol. The summed E-state index contributed by atoms with van der Waals surface area (Å²) in [5.74, 6) is 1.47. The Kier molecular flexibility index (Phi) is 1.62. The van der Waals surface area contributed by atoms with Gasteiger partial charge in [0.05, 0.1) is 12.6 Å². The summed E-state index contributed by atoms with van der Waals surface area (Å²) < 4.78 is 5.74. The lowest BCUT2D eigenvalue weighted by atomic mass is 9.92. The number of pyridine rings is 1. The average molecular weight is 214 g/mol. The van der Waals surface area contributed by atoms with Crippen LogP contribution in [0.4, 0.5) is 0 Å². The molecule has 0 radical (unpaired) electrons. The molecule has 3 heteroatoms. The summed E-state index contributed by atoms with van der Waals surface area (Å²) in [5.41, 5.74) is 2.80. The van der Waals surface area contributed by atoms with Crippen molar-refractivity contribution in [1.29, 1.82) is 0 Å². The van der Waals surface area contributed by atoms with Crippen molar-refractivity contribution in [2.45, 2.75) is 18.9 Å². The molecule has 3 aliphatic heterocycles. The number of allylic oxidation sites excluding steroid dienone is 1. The van der Waals surface area contributed by atoms with Gasteiger partial charge in [-0.3, -0.25) is 0 Å². The normalized spacial score (nSPS) is 30.2. The second-order valence-electron chi connectivity index (χ2n) is 4.80. The number of hydrogen-bond acceptors (Lipinski definition) is 3. The summed E-state index contributed by atoms with van der Waals surface area (Å²) in [6, 6.07) is 4.70. The number of rotatable bonds is 0. The lowest BCUT2D eigenvalue weighted by Gasteiger charge is -2.32. The lowest BCUT2D eigenvalue weighted by Crippen LogP contribution is -2.30. The Bertz CT molecular complexity index is 469. The van der Waals surface area contributed by atoms with E-state index in [1.807, 2.05) is 12.3 Å². The lowest BCUT2D eigenvalue weighted by molar-refractivity contribution is 0.153. The number of ether oxygens (including phenoxy) is 1. The molecule has 0 amide bonds. The first-order valence-electron chi connectivity index (χ1n) is 5.97. The molecule has 1 aromatic rings. The molecule has 0 spiro atoms. The predicted octanol–water partition coefficient (Wildman–Crippen LogP) is 2.12. The fourth-order valence-corrected chi connectivity index (χ4v) is 3.29. The van der Waals surface area contributed by atoms with Gasteiger partial charge < -0.3 is 9.64 Å². The molecule has 4 heterocycles. The van der Waals surface area contributed by atoms with Crippen LogP contribution in [0, 0.1) is 5.92 Å². The van der Waals surface area contributed by atoms with E-state index in [0.717, 1.165) is 12.5 Å². The minimum absolute atomic E-state index is 0.520. The highest BCUT2D eigenvalue weighted by Gasteiger charge is 2.43. The first-order valence-corrected chi connectivity index (χ1v) is 5.97. The van der Waals surface area contributed by atoms with Crippen LogP contribution in [0.2, 0.25) is 0 Å². The highest BCUT2D eigenvalue weighted by molar-refractivity contribution is 5.36. The molecule has 1 saturated heterocycles. The Balaban J connectivity index is 1.83. The van der Waals surface area contributed by atoms with Gasteiger partial charge in [0.2, 0.25) is 5.88 Å². The molecule has 0 unspecified atom stereocenters. The second-order valence-corrected chi connectivity index (χ2v) is 4.80. The quantitative estimate of drug-likeness (QED) is 0.661. The highest BCUT2D eigenvalue weighted by atomic mass is 16.5. The highest BCUT2D eigenvalue weighted by Crippen LogP contribution is 2.49. The largest absolute Gasteiger partial charge is 0.477 e. The van der Waals surface area contributed by atoms with Gasteiger partial charge in [0, 0.05) is 29.9 Å². The Hall–Kier alpha value is -1.51. The maximum atomic E-state index is 5.74. The molecule has 1 aromatic heterocycles. The first kappa shape index (κ1) is 8.62. The summed E-state index contributed by atoms with van der Waals surface area (Å²) in [5, 5.41) is 0. The van der Waals surface area contributed by atoms with E-state index in [9.17, 15) is 0 Å². The zero-order valence-electron chi connectivity index (χ0n) is 9.10. The van der Waals surface area contributed by atoms with E-state index in [0.29, 0.717) is 12.0 Å². The third-order valence-electron chi connectivity index (χ3n) is 3.93. The summed E-state index contributed by atoms with van der Waals surface area (Å²) in [6.07, 6.45) is 6.58. The van der Waals surface area contributed by atoms with Gasteiger partial charge in [-0.25, -0.2) is 4.98 Å². The van der Waals surface area contributed by atoms with Gasteiger partial charge in [0.1, 0.15) is 0 Å². The third kappa shape index (κ3) is 1.01. The number of aromatic nitrogens is 1. The van der Waals surface area contributed by atoms with E-state index < -0.39 is 0 Å². The SMILES string of the molecule is C1=C2C[C@@H]3COc4ncccc4[C@@H]3N2CC1. The smallest absolute Gasteiger partial charge is 0.218 e. The van der Waals surface area contributed by atoms with Gasteiger partial charge in [0.15, 0.2) is 0 Å². The average Bonchev–Trinajstić information content (AvgIpc) is 2.88. The fraction of sp³-hybridized carbons (Fsp3) is 0.462. The van der Waals surface area contributed by atoms with Crippen molar-refractivity contribution in [3.8, 4) is 5.88 Å². The maximum absolute atomic E-state index is 5.74. The monoisotopic (exact) mass is 214 g/mol. The number of fused-ring (bicyclic) bond motifs is 5. The standard InChI is InChI=1S/C13H14N2O/c1-4-11-12-9(8-16-13(11)14-5-1)7-10-3-2-6-15(10)12/h1,3-5,9,12H,2,6-8H2/t9-,12-/m1/s1. The molecule has 82 valence electrons. The zero-order chi connectivity index (χ0) is 10.5. The van der Waals surface area contributed by atoms with Crippen molar-refractivity contribution in [2.24, 2.45) is 5.92 Å². The van der Waals surface area contributed by atoms with Crippen LogP contribution in [0.5, 0.6) is 5.88 Å². The molecule has 0 aliphatic carbocycles. The molecule has 0 bridgehead atoms. The Morgan fingerprint density at radius 3 is 3.44 bits per heavy atom. The molecule has 0 aromatic carbocycles. The van der Waals surface area contributed by atoms with E-state index in [4.69, 9.17) is 4.74 Å². The van der Waals surface area contributed by atoms with Crippen LogP contribution < -0.4 is 4.74 Å². The Morgan fingerprint density at radius 2 is 2.44 bits per heavy atom. The van der Waals surface area contributed by atoms with E-state index >= 15 is 0 Å². The maximum Gasteiger partial charge on any atom is 0.218 e. The van der Waals surface area contributed by atoms with Crippen molar-refractivity contribution < 1.29 is 4.74 Å². The van der Waals surface area contributed by atoms with Crippen molar-refractivity contribution >= 4 is 0 Å². The number of hydrogen-bond donors (Lipinski definition) is 0. The Morgan fingerprint density at radius 1 is 1.44 bits per heavy atom. The van der Waals surface area contributed by atoms with Gasteiger partial charge in [0.25, 0.3) is 0 Å². The van der Waals surface area contributed by atoms with Gasteiger partial charge in [-0.05, 0) is 18.9 Å². The van der Waals surface area contributed by atoms with Crippen LogP contribution in [0.25, 0.3) is 0 Å². The van der Waals surface area contributed by atoms with Crippen LogP contribution in [-0.4, -0.2) is 23.0 Å². The molecule has 0 saturated carbocycles.